The number of nitrogens with two attached hydrogens (primary N) is 1. The lowest BCUT2D eigenvalue weighted by atomic mass is 9.86. The Bertz CT molecular complexity index is 232. The zero-order valence-electron chi connectivity index (χ0n) is 11.9. The Morgan fingerprint density at radius 1 is 1.41 bits per heavy atom. The van der Waals surface area contributed by atoms with E-state index in [4.69, 9.17) is 5.73 Å². The Labute approximate surface area is 106 Å². The maximum Gasteiger partial charge on any atom is 0.0613 e. The summed E-state index contributed by atoms with van der Waals surface area (Å²) in [5.74, 6) is 1.18. The van der Waals surface area contributed by atoms with Gasteiger partial charge in [-0.25, -0.2) is 0 Å². The summed E-state index contributed by atoms with van der Waals surface area (Å²) in [6, 6.07) is 0.609. The molecule has 0 aromatic carbocycles. The minimum atomic E-state index is -0.304. The Balaban J connectivity index is 2.40. The van der Waals surface area contributed by atoms with Gasteiger partial charge in [-0.1, -0.05) is 20.3 Å². The minimum absolute atomic E-state index is 0.140. The van der Waals surface area contributed by atoms with Gasteiger partial charge in [0, 0.05) is 11.6 Å². The molecule has 0 aromatic rings. The molecule has 0 amide bonds. The molecular formula is C14H30N2O. The second-order valence-electron chi connectivity index (χ2n) is 6.23. The average Bonchev–Trinajstić information content (AvgIpc) is 2.67. The van der Waals surface area contributed by atoms with E-state index >= 15 is 0 Å². The molecule has 17 heavy (non-hydrogen) atoms. The van der Waals surface area contributed by atoms with E-state index in [1.165, 1.54) is 12.8 Å². The molecule has 0 radical (unpaired) electrons. The molecule has 0 saturated heterocycles. The molecule has 102 valence electrons. The fourth-order valence-electron chi connectivity index (χ4n) is 2.88. The van der Waals surface area contributed by atoms with E-state index in [1.807, 2.05) is 0 Å². The topological polar surface area (TPSA) is 49.5 Å². The molecule has 3 heteroatoms. The zero-order chi connectivity index (χ0) is 13.1. The van der Waals surface area contributed by atoms with Crippen molar-refractivity contribution < 1.29 is 5.11 Å². The summed E-state index contributed by atoms with van der Waals surface area (Å²) in [7, 11) is 2.19. The van der Waals surface area contributed by atoms with Gasteiger partial charge in [0.1, 0.15) is 0 Å². The Morgan fingerprint density at radius 2 is 2.06 bits per heavy atom. The van der Waals surface area contributed by atoms with Crippen molar-refractivity contribution >= 4 is 0 Å². The molecule has 1 saturated carbocycles. The summed E-state index contributed by atoms with van der Waals surface area (Å²) in [6.07, 6.45) is 4.45. The molecule has 3 nitrogen and oxygen atoms in total. The molecule has 3 atom stereocenters. The third kappa shape index (κ3) is 3.67. The van der Waals surface area contributed by atoms with Gasteiger partial charge < -0.3 is 15.7 Å². The lowest BCUT2D eigenvalue weighted by Crippen LogP contribution is -2.48. The van der Waals surface area contributed by atoms with Crippen LogP contribution in [0.25, 0.3) is 0 Å². The summed E-state index contributed by atoms with van der Waals surface area (Å²) < 4.78 is 0. The van der Waals surface area contributed by atoms with Crippen LogP contribution >= 0.6 is 0 Å². The smallest absolute Gasteiger partial charge is 0.0613 e. The highest BCUT2D eigenvalue weighted by molar-refractivity contribution is 4.96. The van der Waals surface area contributed by atoms with Crippen molar-refractivity contribution in [2.75, 3.05) is 20.2 Å². The first kappa shape index (κ1) is 14.9. The van der Waals surface area contributed by atoms with E-state index in [-0.39, 0.29) is 12.1 Å². The standard InChI is InChI=1S/C14H30N2O/c1-11(2)12(3)16(4)9-7-13-6-5-8-14(13,15)10-17/h11-13,17H,5-10,15H2,1-4H3. The number of aliphatic hydroxyl groups is 1. The summed E-state index contributed by atoms with van der Waals surface area (Å²) in [5, 5.41) is 9.42. The average molecular weight is 242 g/mol. The quantitative estimate of drug-likeness (QED) is 0.747. The van der Waals surface area contributed by atoms with Crippen LogP contribution in [0.4, 0.5) is 0 Å². The number of hydrogen-bond acceptors (Lipinski definition) is 3. The van der Waals surface area contributed by atoms with Gasteiger partial charge in [0.2, 0.25) is 0 Å². The first-order valence-electron chi connectivity index (χ1n) is 7.00. The highest BCUT2D eigenvalue weighted by atomic mass is 16.3. The Hall–Kier alpha value is -0.120. The van der Waals surface area contributed by atoms with Gasteiger partial charge >= 0.3 is 0 Å². The first-order valence-corrected chi connectivity index (χ1v) is 7.00. The molecule has 1 aliphatic rings. The van der Waals surface area contributed by atoms with Crippen LogP contribution in [0.5, 0.6) is 0 Å². The molecule has 3 N–H and O–H groups in total. The van der Waals surface area contributed by atoms with Crippen molar-refractivity contribution in [1.29, 1.82) is 0 Å². The fourth-order valence-corrected chi connectivity index (χ4v) is 2.88. The zero-order valence-corrected chi connectivity index (χ0v) is 11.9. The van der Waals surface area contributed by atoms with Crippen molar-refractivity contribution in [2.24, 2.45) is 17.6 Å². The Kier molecular flexibility index (Phi) is 5.42. The molecule has 0 bridgehead atoms. The Morgan fingerprint density at radius 3 is 2.59 bits per heavy atom. The van der Waals surface area contributed by atoms with Crippen molar-refractivity contribution in [1.82, 2.24) is 4.90 Å². The van der Waals surface area contributed by atoms with E-state index in [0.29, 0.717) is 17.9 Å². The van der Waals surface area contributed by atoms with Gasteiger partial charge in [-0.3, -0.25) is 0 Å². The van der Waals surface area contributed by atoms with Gasteiger partial charge in [0.15, 0.2) is 0 Å². The summed E-state index contributed by atoms with van der Waals surface area (Å²) >= 11 is 0. The van der Waals surface area contributed by atoms with Crippen molar-refractivity contribution in [3.8, 4) is 0 Å². The number of nitrogens with zero attached hydrogens (tertiary/aromatic N) is 1. The van der Waals surface area contributed by atoms with Crippen molar-refractivity contribution in [3.05, 3.63) is 0 Å². The van der Waals surface area contributed by atoms with Crippen LogP contribution in [-0.2, 0) is 0 Å². The molecule has 1 fully saturated rings. The van der Waals surface area contributed by atoms with Crippen LogP contribution in [-0.4, -0.2) is 41.8 Å². The van der Waals surface area contributed by atoms with Crippen LogP contribution in [0.2, 0.25) is 0 Å². The monoisotopic (exact) mass is 242 g/mol. The normalized spacial score (nSPS) is 31.4. The SMILES string of the molecule is CC(C)C(C)N(C)CCC1CCCC1(N)CO. The number of hydrogen-bond donors (Lipinski definition) is 2. The lowest BCUT2D eigenvalue weighted by Gasteiger charge is -2.33. The van der Waals surface area contributed by atoms with Gasteiger partial charge in [-0.15, -0.1) is 0 Å². The molecule has 3 unspecified atom stereocenters. The third-order valence-electron chi connectivity index (χ3n) is 4.79. The number of aliphatic hydroxyl groups excluding tert-OH is 1. The van der Waals surface area contributed by atoms with Crippen LogP contribution in [0.15, 0.2) is 0 Å². The number of rotatable bonds is 6. The van der Waals surface area contributed by atoms with E-state index in [1.54, 1.807) is 0 Å². The highest BCUT2D eigenvalue weighted by Gasteiger charge is 2.38. The van der Waals surface area contributed by atoms with Crippen molar-refractivity contribution in [2.45, 2.75) is 58.0 Å². The second kappa shape index (κ2) is 6.17. The van der Waals surface area contributed by atoms with Crippen LogP contribution in [0.1, 0.15) is 46.5 Å². The van der Waals surface area contributed by atoms with Gasteiger partial charge in [0.25, 0.3) is 0 Å². The predicted molar refractivity (Wildman–Crippen MR) is 72.9 cm³/mol. The van der Waals surface area contributed by atoms with E-state index in [0.717, 1.165) is 19.4 Å². The summed E-state index contributed by atoms with van der Waals surface area (Å²) in [6.45, 7) is 8.03. The van der Waals surface area contributed by atoms with E-state index in [2.05, 4.69) is 32.7 Å². The molecule has 1 aliphatic carbocycles. The van der Waals surface area contributed by atoms with Gasteiger partial charge in [0.05, 0.1) is 6.61 Å². The molecule has 0 heterocycles. The van der Waals surface area contributed by atoms with Crippen LogP contribution < -0.4 is 5.73 Å². The molecule has 1 rings (SSSR count). The fraction of sp³-hybridized carbons (Fsp3) is 1.00. The maximum atomic E-state index is 9.42. The van der Waals surface area contributed by atoms with E-state index in [9.17, 15) is 5.11 Å². The molecule has 0 spiro atoms. The highest BCUT2D eigenvalue weighted by Crippen LogP contribution is 2.35. The minimum Gasteiger partial charge on any atom is -0.394 e. The van der Waals surface area contributed by atoms with Crippen LogP contribution in [0.3, 0.4) is 0 Å². The molecular weight excluding hydrogens is 212 g/mol. The van der Waals surface area contributed by atoms with Crippen molar-refractivity contribution in [3.63, 3.8) is 0 Å². The second-order valence-corrected chi connectivity index (χ2v) is 6.23. The summed E-state index contributed by atoms with van der Waals surface area (Å²) in [4.78, 5) is 2.42. The first-order chi connectivity index (χ1) is 7.90. The largest absolute Gasteiger partial charge is 0.394 e. The van der Waals surface area contributed by atoms with E-state index < -0.39 is 0 Å². The molecule has 0 aliphatic heterocycles. The van der Waals surface area contributed by atoms with Gasteiger partial charge in [-0.05, 0) is 51.6 Å². The lowest BCUT2D eigenvalue weighted by molar-refractivity contribution is 0.135. The predicted octanol–water partition coefficient (Wildman–Crippen LogP) is 1.84. The summed E-state index contributed by atoms with van der Waals surface area (Å²) in [5.41, 5.74) is 5.95. The third-order valence-corrected chi connectivity index (χ3v) is 4.79. The van der Waals surface area contributed by atoms with Gasteiger partial charge in [-0.2, -0.15) is 0 Å². The molecule has 0 aromatic heterocycles. The van der Waals surface area contributed by atoms with Crippen LogP contribution in [0, 0.1) is 11.8 Å². The maximum absolute atomic E-state index is 9.42.